The number of hydrogen-bond acceptors (Lipinski definition) is 7. The van der Waals surface area contributed by atoms with Gasteiger partial charge in [0.25, 0.3) is 0 Å². The first-order chi connectivity index (χ1) is 17.1. The van der Waals surface area contributed by atoms with Gasteiger partial charge in [0.2, 0.25) is 17.6 Å². The summed E-state index contributed by atoms with van der Waals surface area (Å²) in [6.45, 7) is 1.65. The molecule has 1 aliphatic rings. The summed E-state index contributed by atoms with van der Waals surface area (Å²) in [6, 6.07) is 4.35. The zero-order valence-corrected chi connectivity index (χ0v) is 19.9. The number of nitrogens with one attached hydrogen (secondary N) is 1. The van der Waals surface area contributed by atoms with Gasteiger partial charge in [-0.3, -0.25) is 4.79 Å². The zero-order chi connectivity index (χ0) is 26.0. The van der Waals surface area contributed by atoms with Gasteiger partial charge in [-0.2, -0.15) is 13.2 Å². The van der Waals surface area contributed by atoms with Gasteiger partial charge in [-0.05, 0) is 43.1 Å². The second kappa shape index (κ2) is 10.4. The van der Waals surface area contributed by atoms with Gasteiger partial charge in [0.1, 0.15) is 23.7 Å². The number of hydrogen-bond donors (Lipinski definition) is 1. The Bertz CT molecular complexity index is 1210. The summed E-state index contributed by atoms with van der Waals surface area (Å²) < 4.78 is 74.0. The Balaban J connectivity index is 1.45. The molecule has 1 fully saturated rings. The molecule has 1 amide bonds. The zero-order valence-electron chi connectivity index (χ0n) is 19.0. The first kappa shape index (κ1) is 25.8. The van der Waals surface area contributed by atoms with Crippen LogP contribution in [0.15, 0.2) is 47.8 Å². The highest BCUT2D eigenvalue weighted by Gasteiger charge is 2.43. The molecule has 36 heavy (non-hydrogen) atoms. The Morgan fingerprint density at radius 2 is 1.89 bits per heavy atom. The van der Waals surface area contributed by atoms with Crippen molar-refractivity contribution >= 4 is 17.9 Å². The van der Waals surface area contributed by atoms with Crippen molar-refractivity contribution in [3.63, 3.8) is 0 Å². The van der Waals surface area contributed by atoms with E-state index in [9.17, 15) is 26.7 Å². The molecule has 8 nitrogen and oxygen atoms in total. The molecular weight excluding hydrogens is 507 g/mol. The van der Waals surface area contributed by atoms with Gasteiger partial charge in [-0.25, -0.2) is 27.7 Å². The minimum Gasteiger partial charge on any atom is -0.480 e. The molecule has 0 radical (unpaired) electrons. The van der Waals surface area contributed by atoms with Crippen LogP contribution < -0.4 is 10.1 Å². The quantitative estimate of drug-likeness (QED) is 0.367. The van der Waals surface area contributed by atoms with E-state index in [0.717, 1.165) is 12.4 Å². The molecule has 0 spiro atoms. The Morgan fingerprint density at radius 3 is 2.50 bits per heavy atom. The van der Waals surface area contributed by atoms with Crippen LogP contribution in [0, 0.1) is 5.82 Å². The third kappa shape index (κ3) is 5.59. The van der Waals surface area contributed by atoms with Crippen molar-refractivity contribution in [2.75, 3.05) is 7.11 Å². The number of benzene rings is 1. The van der Waals surface area contributed by atoms with Crippen LogP contribution in [-0.4, -0.2) is 55.3 Å². The van der Waals surface area contributed by atoms with Gasteiger partial charge >= 0.3 is 6.18 Å². The lowest BCUT2D eigenvalue weighted by Gasteiger charge is -2.26. The van der Waals surface area contributed by atoms with Crippen molar-refractivity contribution in [3.05, 3.63) is 60.1 Å². The molecule has 3 heterocycles. The molecule has 1 saturated heterocycles. The van der Waals surface area contributed by atoms with Gasteiger partial charge in [-0.1, -0.05) is 0 Å². The van der Waals surface area contributed by atoms with E-state index in [1.807, 2.05) is 0 Å². The monoisotopic (exact) mass is 528 g/mol. The van der Waals surface area contributed by atoms with E-state index in [-0.39, 0.29) is 24.5 Å². The Kier molecular flexibility index (Phi) is 7.45. The smallest absolute Gasteiger partial charge is 0.451 e. The van der Waals surface area contributed by atoms with Crippen molar-refractivity contribution in [2.45, 2.75) is 49.2 Å². The molecule has 0 aliphatic carbocycles. The summed E-state index contributed by atoms with van der Waals surface area (Å²) in [7, 11) is 1.36. The van der Waals surface area contributed by atoms with Crippen LogP contribution in [0.3, 0.4) is 0 Å². The summed E-state index contributed by atoms with van der Waals surface area (Å²) in [5.74, 6) is -1.97. The molecule has 3 atom stereocenters. The van der Waals surface area contributed by atoms with E-state index in [1.54, 1.807) is 23.4 Å². The molecule has 1 aliphatic heterocycles. The van der Waals surface area contributed by atoms with Crippen LogP contribution in [0.5, 0.6) is 5.88 Å². The summed E-state index contributed by atoms with van der Waals surface area (Å²) in [5.41, 5.74) is 0.594. The number of carbonyl (C=O) groups excluding carboxylic acids is 1. The minimum atomic E-state index is -4.67. The highest BCUT2D eigenvalue weighted by molar-refractivity contribution is 7.97. The molecule has 0 bridgehead atoms. The first-order valence-electron chi connectivity index (χ1n) is 10.7. The fraction of sp³-hybridized carbons (Fsp3) is 0.364. The summed E-state index contributed by atoms with van der Waals surface area (Å²) in [6.07, 6.45) is -2.51. The molecular formula is C22H21F5N6O2S. The van der Waals surface area contributed by atoms with Crippen LogP contribution in [-0.2, 0) is 17.5 Å². The molecule has 3 aromatic rings. The highest BCUT2D eigenvalue weighted by Crippen LogP contribution is 2.37. The number of aromatic nitrogens is 4. The first-order valence-corrected chi connectivity index (χ1v) is 11.5. The lowest BCUT2D eigenvalue weighted by atomic mass is 10.1. The number of methoxy groups -OCH3 is 1. The van der Waals surface area contributed by atoms with Gasteiger partial charge in [0, 0.05) is 30.1 Å². The molecule has 1 aromatic carbocycles. The van der Waals surface area contributed by atoms with E-state index in [2.05, 4.69) is 20.4 Å². The van der Waals surface area contributed by atoms with Crippen molar-refractivity contribution in [2.24, 2.45) is 0 Å². The number of rotatable bonds is 7. The minimum absolute atomic E-state index is 0.0134. The van der Waals surface area contributed by atoms with Crippen molar-refractivity contribution < 1.29 is 31.5 Å². The van der Waals surface area contributed by atoms with Crippen LogP contribution >= 0.6 is 11.9 Å². The Labute approximate surface area is 207 Å². The SMILES string of the molecule is COc1nn(-c2cnc(C(F)(F)F)nc2)cc1CNC(=O)[C@@H]1C[C@@H](F)[C@H](C)N1Sc1ccc(F)cc1. The van der Waals surface area contributed by atoms with Crippen LogP contribution in [0.25, 0.3) is 5.69 Å². The van der Waals surface area contributed by atoms with Gasteiger partial charge in [0.05, 0.1) is 25.1 Å². The van der Waals surface area contributed by atoms with E-state index in [1.165, 1.54) is 42.1 Å². The fourth-order valence-corrected chi connectivity index (χ4v) is 4.76. The third-order valence-electron chi connectivity index (χ3n) is 5.56. The van der Waals surface area contributed by atoms with Crippen molar-refractivity contribution in [1.82, 2.24) is 29.4 Å². The van der Waals surface area contributed by atoms with Crippen LogP contribution in [0.4, 0.5) is 22.0 Å². The van der Waals surface area contributed by atoms with Gasteiger partial charge in [0.15, 0.2) is 0 Å². The summed E-state index contributed by atoms with van der Waals surface area (Å²) >= 11 is 1.17. The maximum Gasteiger partial charge on any atom is 0.451 e. The van der Waals surface area contributed by atoms with Gasteiger partial charge < -0.3 is 10.1 Å². The van der Waals surface area contributed by atoms with E-state index < -0.39 is 42.0 Å². The largest absolute Gasteiger partial charge is 0.480 e. The molecule has 14 heteroatoms. The maximum atomic E-state index is 14.5. The number of alkyl halides is 4. The number of amides is 1. The van der Waals surface area contributed by atoms with Crippen LogP contribution in [0.2, 0.25) is 0 Å². The number of carbonyl (C=O) groups is 1. The average molecular weight is 529 g/mol. The summed E-state index contributed by atoms with van der Waals surface area (Å²) in [4.78, 5) is 20.3. The fourth-order valence-electron chi connectivity index (χ4n) is 3.65. The average Bonchev–Trinajstić information content (AvgIpc) is 3.39. The molecule has 2 aromatic heterocycles. The molecule has 4 rings (SSSR count). The van der Waals surface area contributed by atoms with Gasteiger partial charge in [-0.15, -0.1) is 5.10 Å². The lowest BCUT2D eigenvalue weighted by molar-refractivity contribution is -0.145. The Hall–Kier alpha value is -3.26. The normalized spacial score (nSPS) is 20.5. The van der Waals surface area contributed by atoms with E-state index >= 15 is 0 Å². The van der Waals surface area contributed by atoms with E-state index in [0.29, 0.717) is 10.5 Å². The second-order valence-corrected chi connectivity index (χ2v) is 9.08. The standard InChI is InChI=1S/C22H21F5N6O2S/c1-12-17(24)7-18(33(12)36-16-5-3-14(23)4-6-16)19(34)28-8-13-11-32(31-20(13)35-2)15-9-29-21(30-10-15)22(25,26)27/h3-6,9-12,17-18H,7-8H2,1-2H3,(H,28,34)/t12-,17+,18-/m0/s1. The molecule has 192 valence electrons. The van der Waals surface area contributed by atoms with Crippen molar-refractivity contribution in [3.8, 4) is 11.6 Å². The van der Waals surface area contributed by atoms with Crippen LogP contribution in [0.1, 0.15) is 24.7 Å². The molecule has 0 saturated carbocycles. The highest BCUT2D eigenvalue weighted by atomic mass is 32.2. The maximum absolute atomic E-state index is 14.5. The Morgan fingerprint density at radius 1 is 1.22 bits per heavy atom. The molecule has 0 unspecified atom stereocenters. The second-order valence-electron chi connectivity index (χ2n) is 8.00. The lowest BCUT2D eigenvalue weighted by Crippen LogP contribution is -2.41. The van der Waals surface area contributed by atoms with Crippen molar-refractivity contribution in [1.29, 1.82) is 0 Å². The predicted molar refractivity (Wildman–Crippen MR) is 119 cm³/mol. The summed E-state index contributed by atoms with van der Waals surface area (Å²) in [5, 5.41) is 6.89. The molecule has 1 N–H and O–H groups in total. The number of nitrogens with zero attached hydrogens (tertiary/aromatic N) is 5. The topological polar surface area (TPSA) is 85.2 Å². The number of halogens is 5. The van der Waals surface area contributed by atoms with E-state index in [4.69, 9.17) is 4.74 Å². The third-order valence-corrected chi connectivity index (χ3v) is 6.84. The predicted octanol–water partition coefficient (Wildman–Crippen LogP) is 3.95. The number of ether oxygens (including phenoxy) is 1.